The second-order valence-electron chi connectivity index (χ2n) is 11.5. The zero-order chi connectivity index (χ0) is 28.9. The Morgan fingerprint density at radius 2 is 1.88 bits per heavy atom. The van der Waals surface area contributed by atoms with E-state index < -0.39 is 41.5 Å². The molecule has 0 aliphatic carbocycles. The molecule has 2 bridgehead atoms. The van der Waals surface area contributed by atoms with Crippen LogP contribution in [0.3, 0.4) is 0 Å². The first-order valence-electron chi connectivity index (χ1n) is 13.9. The van der Waals surface area contributed by atoms with Crippen LogP contribution in [0.15, 0.2) is 54.6 Å². The number of alkyl halides is 1. The zero-order valence-corrected chi connectivity index (χ0v) is 24.4. The van der Waals surface area contributed by atoms with Crippen molar-refractivity contribution >= 4 is 50.4 Å². The fraction of sp³-hybridized carbons (Fsp3) is 0.483. The van der Waals surface area contributed by atoms with E-state index in [0.717, 1.165) is 5.52 Å². The number of halogens is 1. The first-order chi connectivity index (χ1) is 19.7. The van der Waals surface area contributed by atoms with E-state index in [1.807, 2.05) is 56.3 Å². The van der Waals surface area contributed by atoms with Crippen LogP contribution in [-0.2, 0) is 25.8 Å². The Bertz CT molecular complexity index is 1470. The van der Waals surface area contributed by atoms with Crippen LogP contribution in [0.4, 0.5) is 5.69 Å². The number of amides is 3. The highest BCUT2D eigenvalue weighted by atomic mass is 79.9. The van der Waals surface area contributed by atoms with Crippen molar-refractivity contribution in [1.29, 1.82) is 0 Å². The number of aliphatic hydroxyl groups is 1. The molecule has 0 radical (unpaired) electrons. The third-order valence-electron chi connectivity index (χ3n) is 8.49. The molecule has 2 aromatic carbocycles. The Morgan fingerprint density at radius 3 is 2.61 bits per heavy atom. The van der Waals surface area contributed by atoms with E-state index in [9.17, 15) is 19.5 Å². The monoisotopic (exact) mass is 624 g/mol. The molecule has 1 aromatic heterocycles. The van der Waals surface area contributed by atoms with Crippen LogP contribution in [0.25, 0.3) is 11.0 Å². The molecule has 3 aliphatic rings. The van der Waals surface area contributed by atoms with Crippen molar-refractivity contribution < 1.29 is 24.2 Å². The Hall–Kier alpha value is -3.35. The second-order valence-corrected chi connectivity index (χ2v) is 12.7. The van der Waals surface area contributed by atoms with Gasteiger partial charge in [0.15, 0.2) is 0 Å². The molecular weight excluding hydrogens is 592 g/mol. The summed E-state index contributed by atoms with van der Waals surface area (Å²) in [6.45, 7) is 3.72. The molecule has 7 atom stereocenters. The van der Waals surface area contributed by atoms with E-state index in [-0.39, 0.29) is 35.8 Å². The van der Waals surface area contributed by atoms with Crippen LogP contribution in [0, 0.1) is 17.8 Å². The minimum atomic E-state index is -1.23. The number of benzene rings is 2. The van der Waals surface area contributed by atoms with E-state index >= 15 is 0 Å². The van der Waals surface area contributed by atoms with E-state index in [2.05, 4.69) is 36.9 Å². The maximum absolute atomic E-state index is 14.3. The van der Waals surface area contributed by atoms with Crippen molar-refractivity contribution in [1.82, 2.24) is 25.2 Å². The number of hydrogen-bond donors (Lipinski definition) is 3. The van der Waals surface area contributed by atoms with Gasteiger partial charge in [-0.25, -0.2) is 4.68 Å². The fourth-order valence-electron chi connectivity index (χ4n) is 6.91. The number of ether oxygens (including phenoxy) is 1. The highest BCUT2D eigenvalue weighted by Crippen LogP contribution is 2.60. The number of aliphatic hydroxyl groups excluding tert-OH is 1. The molecule has 216 valence electrons. The molecule has 11 nitrogen and oxygen atoms in total. The number of para-hydroxylation sites is 2. The highest BCUT2D eigenvalue weighted by molar-refractivity contribution is 9.09. The standard InChI is InChI=1S/C29H33BrN6O5/c1-16(2)12-18(14-37)36-25(27(39)31-15-35-21-11-7-6-10-20(21)33-34-35)29-13-19(30)24(41-29)22(23(29)28(36)40)26(38)32-17-8-4-3-5-9-17/h3-11,16,18-19,22-25,37H,12-15H2,1-2H3,(H,31,39)(H,32,38)/t18-,19?,22+,23+,24+,25?,29?/m1/s1. The molecule has 4 heterocycles. The number of hydrogen-bond acceptors (Lipinski definition) is 7. The normalized spacial score (nSPS) is 29.2. The molecule has 12 heteroatoms. The number of nitrogens with zero attached hydrogens (tertiary/aromatic N) is 4. The molecule has 3 unspecified atom stereocenters. The Morgan fingerprint density at radius 1 is 1.15 bits per heavy atom. The predicted molar refractivity (Wildman–Crippen MR) is 154 cm³/mol. The predicted octanol–water partition coefficient (Wildman–Crippen LogP) is 2.30. The van der Waals surface area contributed by atoms with Gasteiger partial charge in [0.2, 0.25) is 17.7 Å². The van der Waals surface area contributed by atoms with Crippen LogP contribution in [0.2, 0.25) is 0 Å². The Labute approximate surface area is 245 Å². The highest BCUT2D eigenvalue weighted by Gasteiger charge is 2.77. The molecule has 41 heavy (non-hydrogen) atoms. The number of carbonyl (C=O) groups excluding carboxylic acids is 3. The number of carbonyl (C=O) groups is 3. The molecule has 3 amide bonds. The SMILES string of the molecule is CC(C)C[C@H](CO)N1C(=O)[C@@H]2[C@H](C(=O)Nc3ccccc3)[C@H]3OC2(CC3Br)C1C(=O)NCn1nnc2ccccc21. The summed E-state index contributed by atoms with van der Waals surface area (Å²) in [6.07, 6.45) is 0.288. The van der Waals surface area contributed by atoms with E-state index in [1.54, 1.807) is 16.8 Å². The molecule has 6 rings (SSSR count). The van der Waals surface area contributed by atoms with Gasteiger partial charge in [0.1, 0.15) is 23.8 Å². The maximum Gasteiger partial charge on any atom is 0.247 e. The topological polar surface area (TPSA) is 139 Å². The number of aromatic nitrogens is 3. The number of fused-ring (bicyclic) bond motifs is 2. The van der Waals surface area contributed by atoms with Crippen molar-refractivity contribution in [2.75, 3.05) is 11.9 Å². The van der Waals surface area contributed by atoms with Crippen molar-refractivity contribution in [3.05, 3.63) is 54.6 Å². The number of nitrogens with one attached hydrogen (secondary N) is 2. The van der Waals surface area contributed by atoms with E-state index in [1.165, 1.54) is 4.90 Å². The lowest BCUT2D eigenvalue weighted by molar-refractivity contribution is -0.145. The van der Waals surface area contributed by atoms with Gasteiger partial charge in [0.25, 0.3) is 0 Å². The Kier molecular flexibility index (Phi) is 7.33. The minimum Gasteiger partial charge on any atom is -0.394 e. The summed E-state index contributed by atoms with van der Waals surface area (Å²) < 4.78 is 8.14. The third-order valence-corrected chi connectivity index (χ3v) is 9.34. The van der Waals surface area contributed by atoms with Crippen molar-refractivity contribution in [2.45, 2.75) is 62.0 Å². The smallest absolute Gasteiger partial charge is 0.247 e. The average Bonchev–Trinajstić information content (AvgIpc) is 3.68. The van der Waals surface area contributed by atoms with Crippen LogP contribution >= 0.6 is 15.9 Å². The quantitative estimate of drug-likeness (QED) is 0.310. The van der Waals surface area contributed by atoms with E-state index in [0.29, 0.717) is 24.0 Å². The summed E-state index contributed by atoms with van der Waals surface area (Å²) in [4.78, 5) is 43.3. The molecule has 3 fully saturated rings. The van der Waals surface area contributed by atoms with Crippen LogP contribution in [-0.4, -0.2) is 77.9 Å². The zero-order valence-electron chi connectivity index (χ0n) is 22.8. The average molecular weight is 626 g/mol. The van der Waals surface area contributed by atoms with Gasteiger partial charge in [-0.05, 0) is 43.0 Å². The lowest BCUT2D eigenvalue weighted by Gasteiger charge is -2.37. The van der Waals surface area contributed by atoms with Gasteiger partial charge in [0, 0.05) is 10.5 Å². The lowest BCUT2D eigenvalue weighted by Crippen LogP contribution is -2.58. The summed E-state index contributed by atoms with van der Waals surface area (Å²) >= 11 is 3.69. The van der Waals surface area contributed by atoms with Crippen LogP contribution < -0.4 is 10.6 Å². The van der Waals surface area contributed by atoms with Gasteiger partial charge in [-0.2, -0.15) is 0 Å². The van der Waals surface area contributed by atoms with Crippen molar-refractivity contribution in [2.24, 2.45) is 17.8 Å². The molecule has 3 aliphatic heterocycles. The number of rotatable bonds is 9. The van der Waals surface area contributed by atoms with Crippen molar-refractivity contribution in [3.63, 3.8) is 0 Å². The van der Waals surface area contributed by atoms with Gasteiger partial charge in [0.05, 0.1) is 36.1 Å². The summed E-state index contributed by atoms with van der Waals surface area (Å²) in [6, 6.07) is 14.8. The molecule has 3 N–H and O–H groups in total. The summed E-state index contributed by atoms with van der Waals surface area (Å²) in [5.74, 6) is -2.61. The first kappa shape index (κ1) is 27.8. The van der Waals surface area contributed by atoms with E-state index in [4.69, 9.17) is 4.74 Å². The molecule has 1 spiro atoms. The largest absolute Gasteiger partial charge is 0.394 e. The van der Waals surface area contributed by atoms with Crippen molar-refractivity contribution in [3.8, 4) is 0 Å². The first-order valence-corrected chi connectivity index (χ1v) is 14.8. The van der Waals surface area contributed by atoms with Crippen LogP contribution in [0.1, 0.15) is 26.7 Å². The van der Waals surface area contributed by atoms with Gasteiger partial charge in [-0.15, -0.1) is 5.10 Å². The fourth-order valence-corrected chi connectivity index (χ4v) is 7.85. The van der Waals surface area contributed by atoms with Gasteiger partial charge < -0.3 is 25.4 Å². The summed E-state index contributed by atoms with van der Waals surface area (Å²) in [7, 11) is 0. The summed E-state index contributed by atoms with van der Waals surface area (Å²) in [5.41, 5.74) is 0.841. The molecule has 0 saturated carbocycles. The third kappa shape index (κ3) is 4.61. The molecule has 3 aromatic rings. The molecule has 3 saturated heterocycles. The van der Waals surface area contributed by atoms with Gasteiger partial charge in [-0.3, -0.25) is 14.4 Å². The lowest BCUT2D eigenvalue weighted by atomic mass is 9.70. The number of likely N-dealkylation sites (tertiary alicyclic amines) is 1. The maximum atomic E-state index is 14.3. The Balaban J connectivity index is 1.34. The summed E-state index contributed by atoms with van der Waals surface area (Å²) in [5, 5.41) is 24.6. The van der Waals surface area contributed by atoms with Gasteiger partial charge in [-0.1, -0.05) is 65.3 Å². The molecular formula is C29H33BrN6O5. The van der Waals surface area contributed by atoms with Crippen LogP contribution in [0.5, 0.6) is 0 Å². The second kappa shape index (κ2) is 10.8. The number of anilines is 1. The minimum absolute atomic E-state index is 0.0334. The van der Waals surface area contributed by atoms with Gasteiger partial charge >= 0.3 is 0 Å².